The summed E-state index contributed by atoms with van der Waals surface area (Å²) in [4.78, 5) is 0. The van der Waals surface area contributed by atoms with Gasteiger partial charge < -0.3 is 5.32 Å². The molecule has 0 aliphatic carbocycles. The highest BCUT2D eigenvalue weighted by Gasteiger charge is 2.05. The lowest BCUT2D eigenvalue weighted by molar-refractivity contribution is 0.589. The second-order valence-electron chi connectivity index (χ2n) is 2.90. The molecular formula is C8H19NO2S. The third-order valence-electron chi connectivity index (χ3n) is 1.82. The zero-order valence-electron chi connectivity index (χ0n) is 7.97. The molecule has 0 rings (SSSR count). The van der Waals surface area contributed by atoms with Crippen LogP contribution in [0.3, 0.4) is 0 Å². The molecule has 3 nitrogen and oxygen atoms in total. The fraction of sp³-hybridized carbons (Fsp3) is 1.00. The van der Waals surface area contributed by atoms with Gasteiger partial charge >= 0.3 is 0 Å². The molecule has 0 atom stereocenters. The van der Waals surface area contributed by atoms with Crippen molar-refractivity contribution in [3.63, 3.8) is 0 Å². The van der Waals surface area contributed by atoms with Crippen molar-refractivity contribution in [1.29, 1.82) is 0 Å². The summed E-state index contributed by atoms with van der Waals surface area (Å²) in [7, 11) is -0.822. The van der Waals surface area contributed by atoms with Gasteiger partial charge in [0.05, 0.1) is 5.75 Å². The molecule has 0 unspecified atom stereocenters. The maximum atomic E-state index is 11.0. The summed E-state index contributed by atoms with van der Waals surface area (Å²) in [5.74, 6) is 0.631. The average molecular weight is 193 g/mol. The minimum Gasteiger partial charge on any atom is -0.320 e. The van der Waals surface area contributed by atoms with Crippen molar-refractivity contribution in [2.75, 3.05) is 25.1 Å². The monoisotopic (exact) mass is 193 g/mol. The summed E-state index contributed by atoms with van der Waals surface area (Å²) < 4.78 is 22.0. The van der Waals surface area contributed by atoms with E-state index >= 15 is 0 Å². The molecule has 12 heavy (non-hydrogen) atoms. The van der Waals surface area contributed by atoms with Crippen LogP contribution < -0.4 is 5.32 Å². The maximum absolute atomic E-state index is 11.0. The Morgan fingerprint density at radius 2 is 1.83 bits per heavy atom. The largest absolute Gasteiger partial charge is 0.320 e. The van der Waals surface area contributed by atoms with Gasteiger partial charge in [-0.15, -0.1) is 0 Å². The average Bonchev–Trinajstić information content (AvgIpc) is 2.04. The van der Waals surface area contributed by atoms with Crippen molar-refractivity contribution in [1.82, 2.24) is 5.32 Å². The molecule has 0 heterocycles. The van der Waals surface area contributed by atoms with Crippen LogP contribution in [0.15, 0.2) is 0 Å². The van der Waals surface area contributed by atoms with Crippen LogP contribution in [0.2, 0.25) is 0 Å². The number of hydrogen-bond acceptors (Lipinski definition) is 3. The summed E-state index contributed by atoms with van der Waals surface area (Å²) in [5, 5.41) is 3.03. The molecular weight excluding hydrogens is 174 g/mol. The van der Waals surface area contributed by atoms with Crippen molar-refractivity contribution >= 4 is 9.84 Å². The van der Waals surface area contributed by atoms with Gasteiger partial charge in [0.1, 0.15) is 9.84 Å². The molecule has 0 aromatic carbocycles. The third kappa shape index (κ3) is 6.61. The van der Waals surface area contributed by atoms with E-state index in [-0.39, 0.29) is 5.75 Å². The first-order valence-corrected chi connectivity index (χ1v) is 6.29. The van der Waals surface area contributed by atoms with Crippen LogP contribution in [0.4, 0.5) is 0 Å². The molecule has 4 heteroatoms. The first-order chi connectivity index (χ1) is 5.62. The quantitative estimate of drug-likeness (QED) is 0.609. The molecule has 0 aromatic rings. The lowest BCUT2D eigenvalue weighted by atomic mass is 10.2. The second kappa shape index (κ2) is 6.43. The maximum Gasteiger partial charge on any atom is 0.150 e. The Morgan fingerprint density at radius 3 is 2.33 bits per heavy atom. The SMILES string of the molecule is CCS(=O)(=O)CCCCCNC. The number of hydrogen-bond donors (Lipinski definition) is 1. The molecule has 0 saturated heterocycles. The van der Waals surface area contributed by atoms with Gasteiger partial charge in [0.25, 0.3) is 0 Å². The zero-order valence-corrected chi connectivity index (χ0v) is 8.78. The molecule has 0 aliphatic heterocycles. The third-order valence-corrected chi connectivity index (χ3v) is 3.61. The van der Waals surface area contributed by atoms with E-state index in [4.69, 9.17) is 0 Å². The van der Waals surface area contributed by atoms with Crippen LogP contribution in [0.5, 0.6) is 0 Å². The number of rotatable bonds is 7. The van der Waals surface area contributed by atoms with E-state index < -0.39 is 9.84 Å². The highest BCUT2D eigenvalue weighted by atomic mass is 32.2. The Labute approximate surface area is 75.5 Å². The van der Waals surface area contributed by atoms with Crippen molar-refractivity contribution < 1.29 is 8.42 Å². The Bertz CT molecular complexity index is 187. The van der Waals surface area contributed by atoms with Gasteiger partial charge in [-0.1, -0.05) is 13.3 Å². The van der Waals surface area contributed by atoms with Crippen LogP contribution in [0.25, 0.3) is 0 Å². The zero-order chi connectivity index (χ0) is 9.45. The summed E-state index contributed by atoms with van der Waals surface area (Å²) in [6.45, 7) is 2.68. The lowest BCUT2D eigenvalue weighted by Gasteiger charge is -2.00. The molecule has 0 radical (unpaired) electrons. The normalized spacial score (nSPS) is 11.8. The summed E-state index contributed by atoms with van der Waals surface area (Å²) in [6, 6.07) is 0. The number of sulfone groups is 1. The number of unbranched alkanes of at least 4 members (excludes halogenated alkanes) is 2. The van der Waals surface area contributed by atoms with E-state index in [1.165, 1.54) is 0 Å². The summed E-state index contributed by atoms with van der Waals surface area (Å²) >= 11 is 0. The molecule has 0 bridgehead atoms. The van der Waals surface area contributed by atoms with E-state index in [0.29, 0.717) is 5.75 Å². The van der Waals surface area contributed by atoms with E-state index in [1.807, 2.05) is 7.05 Å². The van der Waals surface area contributed by atoms with Gasteiger partial charge in [0, 0.05) is 5.75 Å². The highest BCUT2D eigenvalue weighted by molar-refractivity contribution is 7.91. The second-order valence-corrected chi connectivity index (χ2v) is 5.37. The van der Waals surface area contributed by atoms with Gasteiger partial charge in [0.2, 0.25) is 0 Å². The molecule has 0 aliphatic rings. The van der Waals surface area contributed by atoms with Crippen molar-refractivity contribution in [2.24, 2.45) is 0 Å². The number of nitrogens with one attached hydrogen (secondary N) is 1. The van der Waals surface area contributed by atoms with Crippen molar-refractivity contribution in [3.05, 3.63) is 0 Å². The summed E-state index contributed by atoms with van der Waals surface area (Å²) in [6.07, 6.45) is 2.87. The molecule has 0 spiro atoms. The Balaban J connectivity index is 3.32. The fourth-order valence-corrected chi connectivity index (χ4v) is 1.88. The van der Waals surface area contributed by atoms with Gasteiger partial charge in [-0.25, -0.2) is 8.42 Å². The van der Waals surface area contributed by atoms with E-state index in [2.05, 4.69) is 5.32 Å². The molecule has 0 saturated carbocycles. The summed E-state index contributed by atoms with van der Waals surface area (Å²) in [5.41, 5.74) is 0. The minimum atomic E-state index is -2.73. The predicted molar refractivity (Wildman–Crippen MR) is 52.1 cm³/mol. The van der Waals surface area contributed by atoms with Crippen LogP contribution in [-0.2, 0) is 9.84 Å². The Morgan fingerprint density at radius 1 is 1.17 bits per heavy atom. The first-order valence-electron chi connectivity index (χ1n) is 4.47. The van der Waals surface area contributed by atoms with Gasteiger partial charge in [0.15, 0.2) is 0 Å². The van der Waals surface area contributed by atoms with Crippen LogP contribution in [0, 0.1) is 0 Å². The standard InChI is InChI=1S/C8H19NO2S/c1-3-12(10,11)8-6-4-5-7-9-2/h9H,3-8H2,1-2H3. The topological polar surface area (TPSA) is 46.2 Å². The van der Waals surface area contributed by atoms with Crippen LogP contribution in [0.1, 0.15) is 26.2 Å². The van der Waals surface area contributed by atoms with Crippen molar-refractivity contribution in [3.8, 4) is 0 Å². The lowest BCUT2D eigenvalue weighted by Crippen LogP contribution is -2.10. The minimum absolute atomic E-state index is 0.277. The Hall–Kier alpha value is -0.0900. The van der Waals surface area contributed by atoms with Gasteiger partial charge in [-0.2, -0.15) is 0 Å². The fourth-order valence-electron chi connectivity index (χ4n) is 0.945. The van der Waals surface area contributed by atoms with E-state index in [1.54, 1.807) is 6.92 Å². The van der Waals surface area contributed by atoms with Crippen molar-refractivity contribution in [2.45, 2.75) is 26.2 Å². The molecule has 1 N–H and O–H groups in total. The van der Waals surface area contributed by atoms with Gasteiger partial charge in [-0.3, -0.25) is 0 Å². The van der Waals surface area contributed by atoms with Crippen LogP contribution in [-0.4, -0.2) is 33.5 Å². The van der Waals surface area contributed by atoms with E-state index in [9.17, 15) is 8.42 Å². The predicted octanol–water partition coefficient (Wildman–Crippen LogP) is 0.811. The molecule has 0 aromatic heterocycles. The highest BCUT2D eigenvalue weighted by Crippen LogP contribution is 1.99. The molecule has 74 valence electrons. The van der Waals surface area contributed by atoms with Crippen LogP contribution >= 0.6 is 0 Å². The van der Waals surface area contributed by atoms with E-state index in [0.717, 1.165) is 25.8 Å². The van der Waals surface area contributed by atoms with Gasteiger partial charge in [-0.05, 0) is 26.4 Å². The Kier molecular flexibility index (Phi) is 6.38. The molecule has 0 amide bonds. The first kappa shape index (κ1) is 11.9. The smallest absolute Gasteiger partial charge is 0.150 e. The molecule has 0 fully saturated rings.